The van der Waals surface area contributed by atoms with Crippen LogP contribution in [0.25, 0.3) is 10.9 Å². The van der Waals surface area contributed by atoms with E-state index in [1.54, 1.807) is 6.07 Å². The maximum Gasteiger partial charge on any atom is 0.189 e. The number of nitrogens with zero attached hydrogens (tertiary/aromatic N) is 1. The second kappa shape index (κ2) is 8.57. The maximum absolute atomic E-state index is 12.2. The van der Waals surface area contributed by atoms with Gasteiger partial charge in [-0.15, -0.1) is 0 Å². The molecule has 2 rings (SSSR count). The first kappa shape index (κ1) is 16.5. The van der Waals surface area contributed by atoms with Gasteiger partial charge in [-0.3, -0.25) is 4.79 Å². The smallest absolute Gasteiger partial charge is 0.189 e. The van der Waals surface area contributed by atoms with Crippen LogP contribution in [0.5, 0.6) is 0 Å². The maximum atomic E-state index is 12.2. The van der Waals surface area contributed by atoms with E-state index in [1.807, 2.05) is 24.3 Å². The van der Waals surface area contributed by atoms with Gasteiger partial charge in [0.25, 0.3) is 0 Å². The average Bonchev–Trinajstić information content (AvgIpc) is 2.54. The van der Waals surface area contributed by atoms with Gasteiger partial charge in [-0.1, -0.05) is 44.1 Å². The normalized spacial score (nSPS) is 11.5. The fourth-order valence-corrected chi connectivity index (χ4v) is 2.82. The highest BCUT2D eigenvalue weighted by atomic mass is 16.1. The summed E-state index contributed by atoms with van der Waals surface area (Å²) < 4.78 is 2.16. The number of para-hydroxylation sites is 1. The van der Waals surface area contributed by atoms with Crippen molar-refractivity contribution in [2.24, 2.45) is 7.05 Å². The minimum Gasteiger partial charge on any atom is -0.347 e. The van der Waals surface area contributed by atoms with Crippen LogP contribution in [0.4, 0.5) is 0 Å². The van der Waals surface area contributed by atoms with Crippen molar-refractivity contribution in [1.82, 2.24) is 4.57 Å². The van der Waals surface area contributed by atoms with Gasteiger partial charge in [-0.25, -0.2) is 0 Å². The molecule has 0 radical (unpaired) electrons. The van der Waals surface area contributed by atoms with Gasteiger partial charge in [0.2, 0.25) is 0 Å². The third-order valence-corrected chi connectivity index (χ3v) is 4.20. The molecule has 0 N–H and O–H groups in total. The van der Waals surface area contributed by atoms with E-state index in [9.17, 15) is 4.79 Å². The van der Waals surface area contributed by atoms with E-state index in [0.29, 0.717) is 0 Å². The summed E-state index contributed by atoms with van der Waals surface area (Å²) >= 11 is 0. The van der Waals surface area contributed by atoms with Gasteiger partial charge in [0.15, 0.2) is 5.43 Å². The van der Waals surface area contributed by atoms with Crippen LogP contribution in [0.15, 0.2) is 47.3 Å². The van der Waals surface area contributed by atoms with Crippen molar-refractivity contribution in [2.45, 2.75) is 51.9 Å². The van der Waals surface area contributed by atoms with Crippen LogP contribution in [-0.4, -0.2) is 4.57 Å². The highest BCUT2D eigenvalue weighted by Crippen LogP contribution is 2.13. The summed E-state index contributed by atoms with van der Waals surface area (Å²) in [5.41, 5.74) is 2.31. The fraction of sp³-hybridized carbons (Fsp3) is 0.450. The zero-order valence-electron chi connectivity index (χ0n) is 13.8. The molecule has 1 aromatic carbocycles. The predicted octanol–water partition coefficient (Wildman–Crippen LogP) is 5.00. The van der Waals surface area contributed by atoms with Crippen LogP contribution in [0.2, 0.25) is 0 Å². The Morgan fingerprint density at radius 3 is 2.55 bits per heavy atom. The molecule has 0 amide bonds. The van der Waals surface area contributed by atoms with Crippen molar-refractivity contribution in [3.05, 3.63) is 58.4 Å². The molecule has 2 nitrogen and oxygen atoms in total. The molecular formula is C20H27NO. The Morgan fingerprint density at radius 2 is 1.77 bits per heavy atom. The lowest BCUT2D eigenvalue weighted by Crippen LogP contribution is -2.11. The van der Waals surface area contributed by atoms with E-state index in [0.717, 1.165) is 35.9 Å². The summed E-state index contributed by atoms with van der Waals surface area (Å²) in [4.78, 5) is 12.2. The molecule has 0 aliphatic rings. The average molecular weight is 297 g/mol. The number of pyridine rings is 1. The SMILES string of the molecule is CCCC/C=C\CCCCc1cc(=O)c2ccccc2n1C. The summed E-state index contributed by atoms with van der Waals surface area (Å²) in [6.45, 7) is 2.22. The number of aryl methyl sites for hydroxylation is 2. The largest absolute Gasteiger partial charge is 0.347 e. The molecule has 0 saturated carbocycles. The van der Waals surface area contributed by atoms with Gasteiger partial charge in [0.1, 0.15) is 0 Å². The van der Waals surface area contributed by atoms with Gasteiger partial charge in [-0.05, 0) is 44.2 Å². The minimum atomic E-state index is 0.142. The van der Waals surface area contributed by atoms with Crippen LogP contribution in [-0.2, 0) is 13.5 Å². The molecule has 0 aliphatic heterocycles. The fourth-order valence-electron chi connectivity index (χ4n) is 2.82. The van der Waals surface area contributed by atoms with Crippen molar-refractivity contribution in [3.8, 4) is 0 Å². The molecule has 0 atom stereocenters. The number of unbranched alkanes of at least 4 members (excludes halogenated alkanes) is 4. The first-order chi connectivity index (χ1) is 10.7. The third-order valence-electron chi connectivity index (χ3n) is 4.20. The number of fused-ring (bicyclic) bond motifs is 1. The Morgan fingerprint density at radius 1 is 1.05 bits per heavy atom. The Balaban J connectivity index is 1.91. The van der Waals surface area contributed by atoms with Crippen LogP contribution in [0.1, 0.15) is 51.1 Å². The lowest BCUT2D eigenvalue weighted by atomic mass is 10.1. The lowest BCUT2D eigenvalue weighted by molar-refractivity contribution is 0.704. The van der Waals surface area contributed by atoms with Crippen molar-refractivity contribution in [3.63, 3.8) is 0 Å². The zero-order chi connectivity index (χ0) is 15.8. The monoisotopic (exact) mass is 297 g/mol. The van der Waals surface area contributed by atoms with E-state index in [-0.39, 0.29) is 5.43 Å². The van der Waals surface area contributed by atoms with E-state index in [1.165, 1.54) is 25.7 Å². The van der Waals surface area contributed by atoms with E-state index in [4.69, 9.17) is 0 Å². The van der Waals surface area contributed by atoms with Crippen molar-refractivity contribution >= 4 is 10.9 Å². The van der Waals surface area contributed by atoms with Gasteiger partial charge in [0, 0.05) is 24.2 Å². The summed E-state index contributed by atoms with van der Waals surface area (Å²) in [6, 6.07) is 9.65. The Hall–Kier alpha value is -1.83. The summed E-state index contributed by atoms with van der Waals surface area (Å²) in [5, 5.41) is 0.813. The molecule has 0 unspecified atom stereocenters. The second-order valence-corrected chi connectivity index (χ2v) is 5.94. The molecule has 0 saturated heterocycles. The van der Waals surface area contributed by atoms with Gasteiger partial charge in [0.05, 0.1) is 5.52 Å². The number of aromatic nitrogens is 1. The van der Waals surface area contributed by atoms with Crippen LogP contribution in [0.3, 0.4) is 0 Å². The zero-order valence-corrected chi connectivity index (χ0v) is 13.8. The second-order valence-electron chi connectivity index (χ2n) is 5.94. The Kier molecular flexibility index (Phi) is 6.45. The summed E-state index contributed by atoms with van der Waals surface area (Å²) in [6.07, 6.45) is 12.8. The molecule has 2 heteroatoms. The quantitative estimate of drug-likeness (QED) is 0.496. The molecule has 1 heterocycles. The first-order valence-corrected chi connectivity index (χ1v) is 8.46. The van der Waals surface area contributed by atoms with Crippen LogP contribution in [0, 0.1) is 0 Å². The molecular weight excluding hydrogens is 270 g/mol. The highest BCUT2D eigenvalue weighted by molar-refractivity contribution is 5.79. The number of allylic oxidation sites excluding steroid dienone is 2. The number of hydrogen-bond donors (Lipinski definition) is 0. The van der Waals surface area contributed by atoms with Crippen LogP contribution < -0.4 is 5.43 Å². The first-order valence-electron chi connectivity index (χ1n) is 8.46. The highest BCUT2D eigenvalue weighted by Gasteiger charge is 2.05. The molecule has 0 aliphatic carbocycles. The molecule has 118 valence electrons. The Bertz CT molecular complexity index is 682. The molecule has 1 aromatic heterocycles. The van der Waals surface area contributed by atoms with Crippen molar-refractivity contribution in [1.29, 1.82) is 0 Å². The summed E-state index contributed by atoms with van der Waals surface area (Å²) in [5.74, 6) is 0. The van der Waals surface area contributed by atoms with Crippen LogP contribution >= 0.6 is 0 Å². The van der Waals surface area contributed by atoms with Gasteiger partial charge >= 0.3 is 0 Å². The number of hydrogen-bond acceptors (Lipinski definition) is 1. The third kappa shape index (κ3) is 4.33. The Labute approximate surface area is 133 Å². The number of benzene rings is 1. The molecule has 22 heavy (non-hydrogen) atoms. The topological polar surface area (TPSA) is 22.0 Å². The molecule has 0 spiro atoms. The van der Waals surface area contributed by atoms with E-state index >= 15 is 0 Å². The van der Waals surface area contributed by atoms with E-state index in [2.05, 4.69) is 30.7 Å². The molecule has 2 aromatic rings. The minimum absolute atomic E-state index is 0.142. The van der Waals surface area contributed by atoms with Gasteiger partial charge in [-0.2, -0.15) is 0 Å². The van der Waals surface area contributed by atoms with Crippen molar-refractivity contribution < 1.29 is 0 Å². The predicted molar refractivity (Wildman–Crippen MR) is 95.4 cm³/mol. The lowest BCUT2D eigenvalue weighted by Gasteiger charge is -2.12. The summed E-state index contributed by atoms with van der Waals surface area (Å²) in [7, 11) is 2.06. The van der Waals surface area contributed by atoms with Crippen molar-refractivity contribution in [2.75, 3.05) is 0 Å². The standard InChI is InChI=1S/C20H27NO/c1-3-4-5-6-7-8-9-10-13-17-16-20(22)18-14-11-12-15-19(18)21(17)2/h6-7,11-12,14-16H,3-5,8-10,13H2,1-2H3/b7-6-. The molecule has 0 bridgehead atoms. The van der Waals surface area contributed by atoms with E-state index < -0.39 is 0 Å². The number of rotatable bonds is 8. The van der Waals surface area contributed by atoms with Gasteiger partial charge < -0.3 is 4.57 Å². The molecule has 0 fully saturated rings.